The van der Waals surface area contributed by atoms with Gasteiger partial charge in [0.05, 0.1) is 6.61 Å². The third-order valence-electron chi connectivity index (χ3n) is 3.80. The summed E-state index contributed by atoms with van der Waals surface area (Å²) in [6, 6.07) is 7.47. The molecular weight excluding hydrogens is 304 g/mol. The van der Waals surface area contributed by atoms with Gasteiger partial charge in [-0.2, -0.15) is 0 Å². The first-order valence-electron chi connectivity index (χ1n) is 8.74. The fourth-order valence-electron chi connectivity index (χ4n) is 2.52. The Morgan fingerprint density at radius 2 is 1.88 bits per heavy atom. The Hall–Kier alpha value is -1.59. The van der Waals surface area contributed by atoms with Gasteiger partial charge in [-0.1, -0.05) is 13.3 Å². The highest BCUT2D eigenvalue weighted by Gasteiger charge is 2.32. The monoisotopic (exact) mass is 336 g/mol. The second-order valence-corrected chi connectivity index (χ2v) is 6.40. The number of hydrogen-bond acceptors (Lipinski definition) is 4. The largest absolute Gasteiger partial charge is 0.494 e. The summed E-state index contributed by atoms with van der Waals surface area (Å²) >= 11 is 0. The van der Waals surface area contributed by atoms with Crippen LogP contribution in [0.2, 0.25) is 0 Å². The van der Waals surface area contributed by atoms with Gasteiger partial charge < -0.3 is 19.7 Å². The molecule has 1 atom stereocenters. The molecule has 5 heteroatoms. The molecule has 0 aromatic heterocycles. The summed E-state index contributed by atoms with van der Waals surface area (Å²) in [5.41, 5.74) is -0.0344. The fraction of sp³-hybridized carbons (Fsp3) is 0.632. The molecule has 1 amide bonds. The van der Waals surface area contributed by atoms with E-state index >= 15 is 0 Å². The number of benzene rings is 1. The van der Waals surface area contributed by atoms with Gasteiger partial charge in [-0.3, -0.25) is 4.79 Å². The van der Waals surface area contributed by atoms with Crippen LogP contribution in [0.15, 0.2) is 24.3 Å². The predicted molar refractivity (Wildman–Crippen MR) is 98.7 cm³/mol. The van der Waals surface area contributed by atoms with E-state index in [4.69, 9.17) is 9.47 Å². The van der Waals surface area contributed by atoms with Gasteiger partial charge in [0.2, 0.25) is 0 Å². The number of hydrogen-bond donors (Lipinski definition) is 1. The Bertz CT molecular complexity index is 480. The van der Waals surface area contributed by atoms with E-state index in [1.807, 2.05) is 59.1 Å². The van der Waals surface area contributed by atoms with Gasteiger partial charge in [0.15, 0.2) is 0 Å². The highest BCUT2D eigenvalue weighted by atomic mass is 16.5. The van der Waals surface area contributed by atoms with Gasteiger partial charge in [-0.05, 0) is 65.0 Å². The van der Waals surface area contributed by atoms with E-state index in [0.717, 1.165) is 30.8 Å². The lowest BCUT2D eigenvalue weighted by Crippen LogP contribution is -2.42. The van der Waals surface area contributed by atoms with Crippen LogP contribution in [-0.2, 0) is 9.53 Å². The molecule has 0 radical (unpaired) electrons. The van der Waals surface area contributed by atoms with Gasteiger partial charge in [-0.15, -0.1) is 0 Å². The number of carbonyl (C=O) groups excluding carboxylic acids is 1. The molecule has 0 bridgehead atoms. The molecule has 5 nitrogen and oxygen atoms in total. The normalized spacial score (nSPS) is 13.6. The maximum Gasteiger partial charge on any atom is 0.256 e. The molecular formula is C19H32N2O3. The van der Waals surface area contributed by atoms with Gasteiger partial charge in [0.25, 0.3) is 5.91 Å². The third-order valence-corrected chi connectivity index (χ3v) is 3.80. The van der Waals surface area contributed by atoms with Crippen LogP contribution in [0.3, 0.4) is 0 Å². The summed E-state index contributed by atoms with van der Waals surface area (Å²) in [7, 11) is 4.10. The Balaban J connectivity index is 2.54. The number of rotatable bonds is 11. The Morgan fingerprint density at radius 3 is 2.42 bits per heavy atom. The van der Waals surface area contributed by atoms with Crippen molar-refractivity contribution in [3.8, 4) is 5.75 Å². The molecule has 0 aliphatic heterocycles. The smallest absolute Gasteiger partial charge is 0.256 e. The second-order valence-electron chi connectivity index (χ2n) is 6.40. The lowest BCUT2D eigenvalue weighted by atomic mass is 9.99. The highest BCUT2D eigenvalue weighted by Crippen LogP contribution is 2.22. The molecule has 1 N–H and O–H groups in total. The zero-order chi connectivity index (χ0) is 18.0. The van der Waals surface area contributed by atoms with Crippen molar-refractivity contribution in [1.29, 1.82) is 0 Å². The zero-order valence-electron chi connectivity index (χ0n) is 15.7. The molecule has 0 aliphatic rings. The maximum absolute atomic E-state index is 12.5. The number of amides is 1. The summed E-state index contributed by atoms with van der Waals surface area (Å²) in [5.74, 6) is 0.707. The summed E-state index contributed by atoms with van der Waals surface area (Å²) in [6.45, 7) is 8.00. The number of nitrogens with zero attached hydrogens (tertiary/aromatic N) is 1. The first kappa shape index (κ1) is 20.5. The molecule has 1 unspecified atom stereocenters. The molecule has 136 valence electrons. The molecule has 0 saturated heterocycles. The van der Waals surface area contributed by atoms with Crippen LogP contribution in [0.25, 0.3) is 0 Å². The van der Waals surface area contributed by atoms with E-state index < -0.39 is 5.60 Å². The molecule has 0 heterocycles. The first-order valence-corrected chi connectivity index (χ1v) is 8.74. The predicted octanol–water partition coefficient (Wildman–Crippen LogP) is 3.55. The van der Waals surface area contributed by atoms with E-state index in [2.05, 4.69) is 10.2 Å². The maximum atomic E-state index is 12.5. The molecule has 0 spiro atoms. The summed E-state index contributed by atoms with van der Waals surface area (Å²) < 4.78 is 11.4. The van der Waals surface area contributed by atoms with Crippen molar-refractivity contribution >= 4 is 11.6 Å². The third kappa shape index (κ3) is 6.89. The van der Waals surface area contributed by atoms with Crippen LogP contribution in [0.5, 0.6) is 5.75 Å². The average Bonchev–Trinajstić information content (AvgIpc) is 2.53. The van der Waals surface area contributed by atoms with Crippen LogP contribution >= 0.6 is 0 Å². The molecule has 0 fully saturated rings. The quantitative estimate of drug-likeness (QED) is 0.628. The van der Waals surface area contributed by atoms with Crippen LogP contribution in [0, 0.1) is 0 Å². The van der Waals surface area contributed by atoms with Gasteiger partial charge in [0.1, 0.15) is 11.4 Å². The highest BCUT2D eigenvalue weighted by molar-refractivity contribution is 5.97. The Kier molecular flexibility index (Phi) is 8.79. The molecule has 1 aromatic rings. The first-order chi connectivity index (χ1) is 11.4. The number of anilines is 1. The van der Waals surface area contributed by atoms with E-state index in [9.17, 15) is 4.79 Å². The van der Waals surface area contributed by atoms with Crippen molar-refractivity contribution in [2.45, 2.75) is 45.6 Å². The van der Waals surface area contributed by atoms with Gasteiger partial charge in [-0.25, -0.2) is 0 Å². The topological polar surface area (TPSA) is 50.8 Å². The zero-order valence-corrected chi connectivity index (χ0v) is 15.7. The van der Waals surface area contributed by atoms with Crippen LogP contribution in [0.1, 0.15) is 40.0 Å². The number of nitrogens with one attached hydrogen (secondary N) is 1. The SMILES string of the molecule is CCCC(C)(OCC)C(=O)Nc1ccc(OCCCN(C)C)cc1. The number of ether oxygens (including phenoxy) is 2. The average molecular weight is 336 g/mol. The van der Waals surface area contributed by atoms with Crippen LogP contribution in [0.4, 0.5) is 5.69 Å². The van der Waals surface area contributed by atoms with Gasteiger partial charge in [0, 0.05) is 18.8 Å². The minimum absolute atomic E-state index is 0.106. The van der Waals surface area contributed by atoms with Crippen molar-refractivity contribution in [1.82, 2.24) is 4.90 Å². The van der Waals surface area contributed by atoms with E-state index in [-0.39, 0.29) is 5.91 Å². The summed E-state index contributed by atoms with van der Waals surface area (Å²) in [6.07, 6.45) is 2.57. The molecule has 0 saturated carbocycles. The summed E-state index contributed by atoms with van der Waals surface area (Å²) in [4.78, 5) is 14.6. The number of carbonyl (C=O) groups is 1. The van der Waals surface area contributed by atoms with Gasteiger partial charge >= 0.3 is 0 Å². The van der Waals surface area contributed by atoms with Crippen molar-refractivity contribution < 1.29 is 14.3 Å². The van der Waals surface area contributed by atoms with Crippen molar-refractivity contribution in [3.63, 3.8) is 0 Å². The molecule has 1 aromatic carbocycles. The van der Waals surface area contributed by atoms with Crippen molar-refractivity contribution in [3.05, 3.63) is 24.3 Å². The Labute approximate surface area is 146 Å². The minimum Gasteiger partial charge on any atom is -0.494 e. The Morgan fingerprint density at radius 1 is 1.21 bits per heavy atom. The van der Waals surface area contributed by atoms with E-state index in [0.29, 0.717) is 19.6 Å². The summed E-state index contributed by atoms with van der Waals surface area (Å²) in [5, 5.41) is 2.94. The lowest BCUT2D eigenvalue weighted by Gasteiger charge is -2.27. The van der Waals surface area contributed by atoms with Crippen LogP contribution in [-0.4, -0.2) is 50.3 Å². The van der Waals surface area contributed by atoms with Crippen molar-refractivity contribution in [2.75, 3.05) is 39.2 Å². The van der Waals surface area contributed by atoms with Crippen molar-refractivity contribution in [2.24, 2.45) is 0 Å². The van der Waals surface area contributed by atoms with E-state index in [1.165, 1.54) is 0 Å². The molecule has 24 heavy (non-hydrogen) atoms. The molecule has 0 aliphatic carbocycles. The fourth-order valence-corrected chi connectivity index (χ4v) is 2.52. The second kappa shape index (κ2) is 10.3. The minimum atomic E-state index is -0.787. The standard InChI is InChI=1S/C19H32N2O3/c1-6-13-19(3,24-7-2)18(22)20-16-9-11-17(12-10-16)23-15-8-14-21(4)5/h9-12H,6-8,13-15H2,1-5H3,(H,20,22). The molecule has 1 rings (SSSR count). The lowest BCUT2D eigenvalue weighted by molar-refractivity contribution is -0.139. The van der Waals surface area contributed by atoms with Crippen LogP contribution < -0.4 is 10.1 Å². The van der Waals surface area contributed by atoms with E-state index in [1.54, 1.807) is 0 Å².